The van der Waals surface area contributed by atoms with Crippen LogP contribution in [0.2, 0.25) is 0 Å². The van der Waals surface area contributed by atoms with Gasteiger partial charge >= 0.3 is 0 Å². The van der Waals surface area contributed by atoms with Gasteiger partial charge in [-0.2, -0.15) is 0 Å². The summed E-state index contributed by atoms with van der Waals surface area (Å²) in [7, 11) is 0. The lowest BCUT2D eigenvalue weighted by molar-refractivity contribution is -0.0411. The van der Waals surface area contributed by atoms with Crippen molar-refractivity contribution in [2.24, 2.45) is 5.73 Å². The first-order valence-electron chi connectivity index (χ1n) is 5.59. The molecule has 2 aliphatic heterocycles. The highest BCUT2D eigenvalue weighted by Gasteiger charge is 2.30. The van der Waals surface area contributed by atoms with Crippen LogP contribution in [-0.4, -0.2) is 55.9 Å². The maximum Gasteiger partial charge on any atom is 0.0674 e. The highest BCUT2D eigenvalue weighted by molar-refractivity contribution is 4.89. The van der Waals surface area contributed by atoms with E-state index in [1.54, 1.807) is 0 Å². The van der Waals surface area contributed by atoms with Gasteiger partial charge in [-0.15, -0.1) is 0 Å². The van der Waals surface area contributed by atoms with Gasteiger partial charge in [-0.3, -0.25) is 4.90 Å². The van der Waals surface area contributed by atoms with Gasteiger partial charge in [0.25, 0.3) is 0 Å². The molecular formula is C10H21N3O. The molecule has 2 fully saturated rings. The summed E-state index contributed by atoms with van der Waals surface area (Å²) in [5.74, 6) is 0. The van der Waals surface area contributed by atoms with Crippen molar-refractivity contribution in [3.05, 3.63) is 0 Å². The topological polar surface area (TPSA) is 50.5 Å². The number of nitrogens with zero attached hydrogens (tertiary/aromatic N) is 1. The standard InChI is InChI=1S/C10H21N3O/c1-8-7-13(4-5-14-8)10-2-3-12-6-9(10)11/h8-10,12H,2-7,11H2,1H3. The maximum absolute atomic E-state index is 6.11. The first-order chi connectivity index (χ1) is 6.77. The third kappa shape index (κ3) is 2.25. The van der Waals surface area contributed by atoms with Gasteiger partial charge in [-0.25, -0.2) is 0 Å². The van der Waals surface area contributed by atoms with E-state index >= 15 is 0 Å². The Morgan fingerprint density at radius 3 is 3.07 bits per heavy atom. The molecule has 0 radical (unpaired) electrons. The van der Waals surface area contributed by atoms with Crippen molar-refractivity contribution in [1.29, 1.82) is 0 Å². The molecule has 14 heavy (non-hydrogen) atoms. The second-order valence-corrected chi connectivity index (χ2v) is 4.40. The average molecular weight is 199 g/mol. The minimum Gasteiger partial charge on any atom is -0.376 e. The van der Waals surface area contributed by atoms with Crippen LogP contribution in [0.3, 0.4) is 0 Å². The Morgan fingerprint density at radius 2 is 2.36 bits per heavy atom. The van der Waals surface area contributed by atoms with E-state index in [9.17, 15) is 0 Å². The van der Waals surface area contributed by atoms with Gasteiger partial charge < -0.3 is 15.8 Å². The second kappa shape index (κ2) is 4.57. The highest BCUT2D eigenvalue weighted by Crippen LogP contribution is 2.15. The summed E-state index contributed by atoms with van der Waals surface area (Å²) in [6.07, 6.45) is 1.54. The number of rotatable bonds is 1. The quantitative estimate of drug-likeness (QED) is 0.592. The van der Waals surface area contributed by atoms with Crippen LogP contribution in [0.15, 0.2) is 0 Å². The van der Waals surface area contributed by atoms with E-state index < -0.39 is 0 Å². The maximum atomic E-state index is 6.11. The van der Waals surface area contributed by atoms with Crippen molar-refractivity contribution >= 4 is 0 Å². The minimum atomic E-state index is 0.286. The van der Waals surface area contributed by atoms with Crippen LogP contribution >= 0.6 is 0 Å². The van der Waals surface area contributed by atoms with Crippen LogP contribution in [0.4, 0.5) is 0 Å². The summed E-state index contributed by atoms with van der Waals surface area (Å²) in [5, 5.41) is 3.33. The summed E-state index contributed by atoms with van der Waals surface area (Å²) in [4.78, 5) is 2.50. The molecule has 0 aromatic heterocycles. The number of nitrogens with one attached hydrogen (secondary N) is 1. The van der Waals surface area contributed by atoms with Crippen LogP contribution in [0.25, 0.3) is 0 Å². The van der Waals surface area contributed by atoms with Crippen LogP contribution in [-0.2, 0) is 4.74 Å². The third-order valence-corrected chi connectivity index (χ3v) is 3.23. The molecule has 82 valence electrons. The number of morpholine rings is 1. The lowest BCUT2D eigenvalue weighted by atomic mass is 9.99. The van der Waals surface area contributed by atoms with Gasteiger partial charge in [0.1, 0.15) is 0 Å². The lowest BCUT2D eigenvalue weighted by Crippen LogP contribution is -2.59. The van der Waals surface area contributed by atoms with Crippen molar-refractivity contribution < 1.29 is 4.74 Å². The van der Waals surface area contributed by atoms with E-state index in [4.69, 9.17) is 10.5 Å². The molecule has 0 bridgehead atoms. The van der Waals surface area contributed by atoms with Crippen molar-refractivity contribution in [2.45, 2.75) is 31.5 Å². The van der Waals surface area contributed by atoms with Gasteiger partial charge in [0.15, 0.2) is 0 Å². The van der Waals surface area contributed by atoms with Crippen molar-refractivity contribution in [3.63, 3.8) is 0 Å². The molecule has 2 aliphatic rings. The van der Waals surface area contributed by atoms with Crippen LogP contribution in [0.5, 0.6) is 0 Å². The van der Waals surface area contributed by atoms with Crippen LogP contribution in [0, 0.1) is 0 Å². The molecule has 3 unspecified atom stereocenters. The van der Waals surface area contributed by atoms with Crippen molar-refractivity contribution in [3.8, 4) is 0 Å². The van der Waals surface area contributed by atoms with Gasteiger partial charge in [0.2, 0.25) is 0 Å². The molecule has 0 aromatic rings. The summed E-state index contributed by atoms with van der Waals surface area (Å²) in [6, 6.07) is 0.844. The molecule has 4 nitrogen and oxygen atoms in total. The summed E-state index contributed by atoms with van der Waals surface area (Å²) >= 11 is 0. The van der Waals surface area contributed by atoms with Gasteiger partial charge in [-0.1, -0.05) is 0 Å². The minimum absolute atomic E-state index is 0.286. The van der Waals surface area contributed by atoms with E-state index in [0.717, 1.165) is 32.8 Å². The smallest absolute Gasteiger partial charge is 0.0674 e. The Hall–Kier alpha value is -0.160. The molecule has 0 amide bonds. The molecule has 3 atom stereocenters. The first kappa shape index (κ1) is 10.4. The van der Waals surface area contributed by atoms with E-state index in [-0.39, 0.29) is 6.04 Å². The monoisotopic (exact) mass is 199 g/mol. The Morgan fingerprint density at radius 1 is 1.50 bits per heavy atom. The predicted octanol–water partition coefficient (Wildman–Crippen LogP) is -0.604. The van der Waals surface area contributed by atoms with Crippen molar-refractivity contribution in [2.75, 3.05) is 32.8 Å². The number of hydrogen-bond donors (Lipinski definition) is 2. The van der Waals surface area contributed by atoms with E-state index in [1.165, 1.54) is 6.42 Å². The molecule has 0 aliphatic carbocycles. The predicted molar refractivity (Wildman–Crippen MR) is 56.2 cm³/mol. The molecule has 0 aromatic carbocycles. The van der Waals surface area contributed by atoms with Gasteiger partial charge in [-0.05, 0) is 19.9 Å². The third-order valence-electron chi connectivity index (χ3n) is 3.23. The molecule has 2 heterocycles. The highest BCUT2D eigenvalue weighted by atomic mass is 16.5. The Balaban J connectivity index is 1.91. The Bertz CT molecular complexity index is 188. The fourth-order valence-electron chi connectivity index (χ4n) is 2.47. The molecule has 2 rings (SSSR count). The Labute approximate surface area is 85.8 Å². The van der Waals surface area contributed by atoms with Crippen molar-refractivity contribution in [1.82, 2.24) is 10.2 Å². The summed E-state index contributed by atoms with van der Waals surface area (Å²) in [6.45, 7) is 7.14. The first-order valence-corrected chi connectivity index (χ1v) is 5.59. The number of hydrogen-bond acceptors (Lipinski definition) is 4. The van der Waals surface area contributed by atoms with Gasteiger partial charge in [0.05, 0.1) is 12.7 Å². The largest absolute Gasteiger partial charge is 0.376 e. The zero-order valence-electron chi connectivity index (χ0n) is 8.91. The van der Waals surface area contributed by atoms with Crippen LogP contribution in [0.1, 0.15) is 13.3 Å². The van der Waals surface area contributed by atoms with E-state index in [0.29, 0.717) is 12.1 Å². The molecular weight excluding hydrogens is 178 g/mol. The molecule has 0 spiro atoms. The van der Waals surface area contributed by atoms with Gasteiger partial charge in [0, 0.05) is 31.7 Å². The molecule has 0 saturated carbocycles. The second-order valence-electron chi connectivity index (χ2n) is 4.40. The fourth-order valence-corrected chi connectivity index (χ4v) is 2.47. The lowest BCUT2D eigenvalue weighted by Gasteiger charge is -2.42. The number of ether oxygens (including phenoxy) is 1. The van der Waals surface area contributed by atoms with E-state index in [2.05, 4.69) is 17.1 Å². The average Bonchev–Trinajstić information content (AvgIpc) is 2.18. The SMILES string of the molecule is CC1CN(C2CCNCC2N)CCO1. The Kier molecular flexibility index (Phi) is 3.38. The molecule has 3 N–H and O–H groups in total. The normalized spacial score (nSPS) is 41.1. The molecule has 2 saturated heterocycles. The van der Waals surface area contributed by atoms with Crippen LogP contribution < -0.4 is 11.1 Å². The summed E-state index contributed by atoms with van der Waals surface area (Å²) < 4.78 is 5.54. The number of nitrogens with two attached hydrogens (primary N) is 1. The fraction of sp³-hybridized carbons (Fsp3) is 1.00. The number of piperidine rings is 1. The molecule has 4 heteroatoms. The zero-order chi connectivity index (χ0) is 9.97. The zero-order valence-corrected chi connectivity index (χ0v) is 8.91. The summed E-state index contributed by atoms with van der Waals surface area (Å²) in [5.41, 5.74) is 6.11. The van der Waals surface area contributed by atoms with E-state index in [1.807, 2.05) is 0 Å².